The Morgan fingerprint density at radius 1 is 0.605 bits per heavy atom. The van der Waals surface area contributed by atoms with Crippen molar-refractivity contribution in [3.63, 3.8) is 0 Å². The zero-order valence-corrected chi connectivity index (χ0v) is 24.6. The first-order valence-electron chi connectivity index (χ1n) is 15.7. The van der Waals surface area contributed by atoms with Crippen LogP contribution in [-0.4, -0.2) is 22.3 Å². The molecule has 0 aliphatic carbocycles. The summed E-state index contributed by atoms with van der Waals surface area (Å²) in [6, 6.07) is 8.30. The number of carbonyl (C=O) groups is 2. The summed E-state index contributed by atoms with van der Waals surface area (Å²) in [6.07, 6.45) is 28.0. The number of hydrogen-bond donors (Lipinski definition) is 2. The highest BCUT2D eigenvalue weighted by Crippen LogP contribution is 2.21. The topological polar surface area (TPSA) is 83.8 Å². The summed E-state index contributed by atoms with van der Waals surface area (Å²) >= 11 is 0. The second kappa shape index (κ2) is 28.1. The second-order valence-electron chi connectivity index (χ2n) is 10.7. The maximum absolute atomic E-state index is 11.8. The number of rotatable bonds is 24. The minimum absolute atomic E-state index is 0.108. The van der Waals surface area contributed by atoms with E-state index in [-0.39, 0.29) is 5.92 Å². The van der Waals surface area contributed by atoms with Crippen LogP contribution in [0.1, 0.15) is 165 Å². The maximum atomic E-state index is 11.8. The van der Waals surface area contributed by atoms with Gasteiger partial charge in [0.25, 0.3) is 0 Å². The summed E-state index contributed by atoms with van der Waals surface area (Å²) in [5.74, 6) is -1.41. The van der Waals surface area contributed by atoms with Gasteiger partial charge in [0.15, 0.2) is 0 Å². The molecule has 0 saturated heterocycles. The molecule has 0 heterocycles. The Labute approximate surface area is 233 Å². The average Bonchev–Trinajstić information content (AvgIpc) is 2.94. The van der Waals surface area contributed by atoms with Crippen LogP contribution in [0.2, 0.25) is 0 Å². The predicted octanol–water partition coefficient (Wildman–Crippen LogP) is 10.6. The molecule has 0 fully saturated rings. The first-order valence-corrected chi connectivity index (χ1v) is 15.7. The molecule has 220 valence electrons. The number of carbonyl (C=O) groups excluding carboxylic acids is 1. The lowest BCUT2D eigenvalue weighted by Crippen LogP contribution is -2.16. The zero-order valence-electron chi connectivity index (χ0n) is 24.6. The quantitative estimate of drug-likeness (QED) is 0.0782. The van der Waals surface area contributed by atoms with E-state index < -0.39 is 11.9 Å². The summed E-state index contributed by atoms with van der Waals surface area (Å²) in [5, 5.41) is 17.1. The normalized spacial score (nSPS) is 11.4. The van der Waals surface area contributed by atoms with Gasteiger partial charge in [-0.3, -0.25) is 0 Å². The van der Waals surface area contributed by atoms with Crippen LogP contribution < -0.4 is 0 Å². The van der Waals surface area contributed by atoms with Gasteiger partial charge in [0.2, 0.25) is 0 Å². The number of benzene rings is 1. The van der Waals surface area contributed by atoms with E-state index in [9.17, 15) is 9.59 Å². The van der Waals surface area contributed by atoms with Gasteiger partial charge in [-0.1, -0.05) is 160 Å². The Morgan fingerprint density at radius 2 is 0.947 bits per heavy atom. The van der Waals surface area contributed by atoms with E-state index in [4.69, 9.17) is 10.4 Å². The third-order valence-electron chi connectivity index (χ3n) is 7.26. The van der Waals surface area contributed by atoms with Gasteiger partial charge in [-0.25, -0.2) is 9.59 Å². The molecule has 38 heavy (non-hydrogen) atoms. The van der Waals surface area contributed by atoms with Crippen molar-refractivity contribution < 1.29 is 24.8 Å². The molecular formula is C33H58O5. The minimum atomic E-state index is -0.879. The van der Waals surface area contributed by atoms with Crippen molar-refractivity contribution in [2.45, 2.75) is 155 Å². The van der Waals surface area contributed by atoms with Crippen LogP contribution in [0.4, 0.5) is 0 Å². The van der Waals surface area contributed by atoms with E-state index in [2.05, 4.69) is 18.7 Å². The lowest BCUT2D eigenvalue weighted by Gasteiger charge is -2.13. The third-order valence-corrected chi connectivity index (χ3v) is 7.26. The van der Waals surface area contributed by atoms with Crippen LogP contribution in [0.5, 0.6) is 0 Å². The Balaban J connectivity index is 0.00000127. The largest absolute Gasteiger partial charge is 0.478 e. The Bertz CT molecular complexity index is 646. The smallest absolute Gasteiger partial charge is 0.345 e. The molecule has 1 unspecified atom stereocenters. The minimum Gasteiger partial charge on any atom is -0.478 e. The van der Waals surface area contributed by atoms with Crippen LogP contribution in [0.15, 0.2) is 30.3 Å². The molecule has 0 bridgehead atoms. The molecule has 1 aromatic rings. The van der Waals surface area contributed by atoms with Gasteiger partial charge in [0, 0.05) is 0 Å². The molecule has 0 aliphatic rings. The van der Waals surface area contributed by atoms with Crippen molar-refractivity contribution in [1.29, 1.82) is 0 Å². The summed E-state index contributed by atoms with van der Waals surface area (Å²) in [7, 11) is 0. The van der Waals surface area contributed by atoms with Gasteiger partial charge >= 0.3 is 11.9 Å². The number of aromatic carboxylic acids is 1. The number of unbranched alkanes of at least 4 members (excludes halogenated alkanes) is 18. The molecule has 1 atom stereocenters. The molecule has 0 aliphatic heterocycles. The highest BCUT2D eigenvalue weighted by atomic mass is 17.1. The molecule has 5 nitrogen and oxygen atoms in total. The lowest BCUT2D eigenvalue weighted by atomic mass is 9.94. The van der Waals surface area contributed by atoms with E-state index in [1.54, 1.807) is 30.3 Å². The summed E-state index contributed by atoms with van der Waals surface area (Å²) in [4.78, 5) is 26.0. The molecule has 0 spiro atoms. The molecule has 0 saturated carbocycles. The monoisotopic (exact) mass is 534 g/mol. The van der Waals surface area contributed by atoms with Crippen molar-refractivity contribution >= 4 is 11.9 Å². The van der Waals surface area contributed by atoms with E-state index >= 15 is 0 Å². The molecule has 1 aromatic carbocycles. The fourth-order valence-corrected chi connectivity index (χ4v) is 4.79. The third kappa shape index (κ3) is 23.3. The number of hydrogen-bond acceptors (Lipinski definition) is 4. The molecule has 5 heteroatoms. The molecule has 0 aromatic heterocycles. The fourth-order valence-electron chi connectivity index (χ4n) is 4.79. The highest BCUT2D eigenvalue weighted by Gasteiger charge is 2.19. The first kappa shape index (κ1) is 36.1. The van der Waals surface area contributed by atoms with Crippen LogP contribution in [0.3, 0.4) is 0 Å². The Kier molecular flexibility index (Phi) is 26.7. The Hall–Kier alpha value is -1.88. The van der Waals surface area contributed by atoms with Crippen molar-refractivity contribution in [2.75, 3.05) is 0 Å². The fraction of sp³-hybridized carbons (Fsp3) is 0.758. The van der Waals surface area contributed by atoms with Gasteiger partial charge in [-0.05, 0) is 25.0 Å². The molecule has 1 rings (SSSR count). The van der Waals surface area contributed by atoms with Crippen molar-refractivity contribution in [3.8, 4) is 0 Å². The van der Waals surface area contributed by atoms with E-state index in [1.165, 1.54) is 116 Å². The Morgan fingerprint density at radius 3 is 1.24 bits per heavy atom. The number of carboxylic acid groups (broad SMARTS) is 1. The molecule has 2 N–H and O–H groups in total. The standard InChI is InChI=1S/C26H52O3.C7H6O2/c1-3-5-7-9-11-12-13-14-15-16-17-18-20-22-24-25(26(27)29-28)23-21-19-10-8-6-4-2;8-7(9)6-4-2-1-3-5-6/h25,28H,3-24H2,1-2H3;1-5H,(H,8,9). The SMILES string of the molecule is CCCCCCCCCCCCCCCCC(CCCCCCCC)C(=O)OO.O=C(O)c1ccccc1. The molecular weight excluding hydrogens is 476 g/mol. The first-order chi connectivity index (χ1) is 18.6. The lowest BCUT2D eigenvalue weighted by molar-refractivity contribution is -0.239. The summed E-state index contributed by atoms with van der Waals surface area (Å²) in [6.45, 7) is 4.50. The van der Waals surface area contributed by atoms with Crippen molar-refractivity contribution in [1.82, 2.24) is 0 Å². The van der Waals surface area contributed by atoms with E-state index in [0.29, 0.717) is 5.56 Å². The highest BCUT2D eigenvalue weighted by molar-refractivity contribution is 5.87. The summed E-state index contributed by atoms with van der Waals surface area (Å²) < 4.78 is 0. The second-order valence-corrected chi connectivity index (χ2v) is 10.7. The van der Waals surface area contributed by atoms with Crippen molar-refractivity contribution in [2.24, 2.45) is 5.92 Å². The van der Waals surface area contributed by atoms with Crippen LogP contribution in [-0.2, 0) is 9.68 Å². The van der Waals surface area contributed by atoms with Crippen molar-refractivity contribution in [3.05, 3.63) is 35.9 Å². The average molecular weight is 535 g/mol. The van der Waals surface area contributed by atoms with Crippen LogP contribution in [0.25, 0.3) is 0 Å². The predicted molar refractivity (Wildman–Crippen MR) is 159 cm³/mol. The maximum Gasteiger partial charge on any atom is 0.345 e. The van der Waals surface area contributed by atoms with E-state index in [0.717, 1.165) is 25.7 Å². The zero-order chi connectivity index (χ0) is 28.1. The molecule has 0 radical (unpaired) electrons. The van der Waals surface area contributed by atoms with Gasteiger partial charge in [0.1, 0.15) is 0 Å². The van der Waals surface area contributed by atoms with Crippen LogP contribution in [0, 0.1) is 5.92 Å². The van der Waals surface area contributed by atoms with Gasteiger partial charge in [-0.15, -0.1) is 0 Å². The van der Waals surface area contributed by atoms with Gasteiger partial charge in [0.05, 0.1) is 11.5 Å². The number of carboxylic acids is 1. The van der Waals surface area contributed by atoms with Crippen LogP contribution >= 0.6 is 0 Å². The molecule has 0 amide bonds. The summed E-state index contributed by atoms with van der Waals surface area (Å²) in [5.41, 5.74) is 0.331. The van der Waals surface area contributed by atoms with Gasteiger partial charge < -0.3 is 9.99 Å². The van der Waals surface area contributed by atoms with E-state index in [1.807, 2.05) is 0 Å². The van der Waals surface area contributed by atoms with Gasteiger partial charge in [-0.2, -0.15) is 5.26 Å².